The van der Waals surface area contributed by atoms with Gasteiger partial charge < -0.3 is 10.4 Å². The van der Waals surface area contributed by atoms with E-state index >= 15 is 0 Å². The van der Waals surface area contributed by atoms with E-state index in [9.17, 15) is 9.90 Å². The molecule has 116 valence electrons. The number of nitrogens with one attached hydrogen (secondary N) is 1. The summed E-state index contributed by atoms with van der Waals surface area (Å²) in [5.74, 6) is 1.55. The summed E-state index contributed by atoms with van der Waals surface area (Å²) < 4.78 is 0. The van der Waals surface area contributed by atoms with Crippen LogP contribution in [0.3, 0.4) is 0 Å². The average molecular weight is 290 g/mol. The lowest BCUT2D eigenvalue weighted by Crippen LogP contribution is -2.21. The molecule has 4 nitrogen and oxygen atoms in total. The van der Waals surface area contributed by atoms with Gasteiger partial charge in [-0.2, -0.15) is 0 Å². The van der Waals surface area contributed by atoms with Crippen LogP contribution in [0, 0.1) is 11.8 Å². The maximum atomic E-state index is 11.2. The molecule has 1 aliphatic carbocycles. The Hall–Kier alpha value is -1.58. The summed E-state index contributed by atoms with van der Waals surface area (Å²) in [5.41, 5.74) is 1.14. The molecule has 1 aromatic rings. The topological polar surface area (TPSA) is 62.2 Å². The molecule has 21 heavy (non-hydrogen) atoms. The number of hydrogen-bond acceptors (Lipinski definition) is 3. The fourth-order valence-corrected chi connectivity index (χ4v) is 2.84. The van der Waals surface area contributed by atoms with Crippen LogP contribution in [0.15, 0.2) is 12.1 Å². The first kappa shape index (κ1) is 15.8. The number of anilines is 1. The molecular weight excluding hydrogens is 264 g/mol. The minimum Gasteiger partial charge on any atom is -0.478 e. The van der Waals surface area contributed by atoms with Crippen molar-refractivity contribution in [1.29, 1.82) is 0 Å². The molecular formula is C17H26N2O2. The van der Waals surface area contributed by atoms with Gasteiger partial charge in [0.25, 0.3) is 0 Å². The molecule has 2 rings (SSSR count). The zero-order chi connectivity index (χ0) is 15.4. The molecule has 1 saturated carbocycles. The second kappa shape index (κ2) is 6.92. The Bertz CT molecular complexity index is 492. The molecule has 0 saturated heterocycles. The highest BCUT2D eigenvalue weighted by molar-refractivity contribution is 5.88. The van der Waals surface area contributed by atoms with Crippen molar-refractivity contribution < 1.29 is 9.90 Å². The molecule has 1 heterocycles. The highest BCUT2D eigenvalue weighted by Gasteiger charge is 2.18. The standard InChI is InChI=1S/C17H26N2O2/c1-11(2)15-8-14(17(20)21)9-16(19-15)18-10-13-6-4-12(3)5-7-13/h8-9,11-13H,4-7,10H2,1-3H3,(H,18,19)(H,20,21). The van der Waals surface area contributed by atoms with Gasteiger partial charge in [0.05, 0.1) is 5.56 Å². The van der Waals surface area contributed by atoms with Crippen LogP contribution in [0.4, 0.5) is 5.82 Å². The van der Waals surface area contributed by atoms with Gasteiger partial charge in [0, 0.05) is 12.2 Å². The van der Waals surface area contributed by atoms with E-state index in [1.807, 2.05) is 13.8 Å². The van der Waals surface area contributed by atoms with E-state index in [1.165, 1.54) is 25.7 Å². The lowest BCUT2D eigenvalue weighted by molar-refractivity contribution is 0.0696. The summed E-state index contributed by atoms with van der Waals surface area (Å²) in [7, 11) is 0. The predicted octanol–water partition coefficient (Wildman–Crippen LogP) is 4.14. The number of aromatic nitrogens is 1. The van der Waals surface area contributed by atoms with Gasteiger partial charge >= 0.3 is 5.97 Å². The van der Waals surface area contributed by atoms with Crippen LogP contribution in [-0.4, -0.2) is 22.6 Å². The lowest BCUT2D eigenvalue weighted by Gasteiger charge is -2.26. The Labute approximate surface area is 127 Å². The molecule has 0 atom stereocenters. The third kappa shape index (κ3) is 4.45. The number of carbonyl (C=O) groups is 1. The van der Waals surface area contributed by atoms with E-state index in [0.29, 0.717) is 17.3 Å². The molecule has 0 radical (unpaired) electrons. The molecule has 0 unspecified atom stereocenters. The zero-order valence-electron chi connectivity index (χ0n) is 13.2. The van der Waals surface area contributed by atoms with Gasteiger partial charge in [0.1, 0.15) is 5.82 Å². The zero-order valence-corrected chi connectivity index (χ0v) is 13.2. The molecule has 1 aromatic heterocycles. The minimum atomic E-state index is -0.895. The molecule has 4 heteroatoms. The van der Waals surface area contributed by atoms with Gasteiger partial charge in [-0.25, -0.2) is 9.78 Å². The Kier molecular flexibility index (Phi) is 5.21. The van der Waals surface area contributed by atoms with Crippen LogP contribution in [0.25, 0.3) is 0 Å². The van der Waals surface area contributed by atoms with E-state index < -0.39 is 5.97 Å². The summed E-state index contributed by atoms with van der Waals surface area (Å²) in [6.07, 6.45) is 5.10. The van der Waals surface area contributed by atoms with Crippen LogP contribution in [0.5, 0.6) is 0 Å². The second-order valence-electron chi connectivity index (χ2n) is 6.63. The van der Waals surface area contributed by atoms with Crippen molar-refractivity contribution in [3.63, 3.8) is 0 Å². The first-order valence-corrected chi connectivity index (χ1v) is 7.95. The van der Waals surface area contributed by atoms with Crippen molar-refractivity contribution in [1.82, 2.24) is 4.98 Å². The van der Waals surface area contributed by atoms with E-state index in [-0.39, 0.29) is 5.92 Å². The highest BCUT2D eigenvalue weighted by Crippen LogP contribution is 2.28. The predicted molar refractivity (Wildman–Crippen MR) is 84.9 cm³/mol. The van der Waals surface area contributed by atoms with E-state index in [0.717, 1.165) is 18.2 Å². The normalized spacial score (nSPS) is 22.3. The Morgan fingerprint density at radius 1 is 1.33 bits per heavy atom. The van der Waals surface area contributed by atoms with E-state index in [4.69, 9.17) is 0 Å². The first-order valence-electron chi connectivity index (χ1n) is 7.95. The summed E-state index contributed by atoms with van der Waals surface area (Å²) in [5, 5.41) is 12.6. The molecule has 2 N–H and O–H groups in total. The SMILES string of the molecule is CC1CCC(CNc2cc(C(=O)O)cc(C(C)C)n2)CC1. The summed E-state index contributed by atoms with van der Waals surface area (Å²) in [6.45, 7) is 7.26. The second-order valence-corrected chi connectivity index (χ2v) is 6.63. The lowest BCUT2D eigenvalue weighted by atomic mass is 9.83. The van der Waals surface area contributed by atoms with Gasteiger partial charge in [-0.3, -0.25) is 0 Å². The van der Waals surface area contributed by atoms with Gasteiger partial charge in [0.2, 0.25) is 0 Å². The van der Waals surface area contributed by atoms with Crippen molar-refractivity contribution in [3.05, 3.63) is 23.4 Å². The van der Waals surface area contributed by atoms with Gasteiger partial charge in [-0.1, -0.05) is 33.6 Å². The number of hydrogen-bond donors (Lipinski definition) is 2. The number of pyridine rings is 1. The molecule has 1 fully saturated rings. The molecule has 0 amide bonds. The highest BCUT2D eigenvalue weighted by atomic mass is 16.4. The van der Waals surface area contributed by atoms with Crippen LogP contribution < -0.4 is 5.32 Å². The first-order chi connectivity index (χ1) is 9.95. The number of carboxylic acid groups (broad SMARTS) is 1. The third-order valence-corrected chi connectivity index (χ3v) is 4.39. The van der Waals surface area contributed by atoms with Gasteiger partial charge in [0.15, 0.2) is 0 Å². The van der Waals surface area contributed by atoms with Crippen molar-refractivity contribution in [2.75, 3.05) is 11.9 Å². The van der Waals surface area contributed by atoms with Crippen molar-refractivity contribution in [2.24, 2.45) is 11.8 Å². The Morgan fingerprint density at radius 3 is 2.57 bits per heavy atom. The summed E-state index contributed by atoms with van der Waals surface area (Å²) in [6, 6.07) is 3.31. The maximum absolute atomic E-state index is 11.2. The van der Waals surface area contributed by atoms with Crippen molar-refractivity contribution >= 4 is 11.8 Å². The van der Waals surface area contributed by atoms with Crippen LogP contribution in [-0.2, 0) is 0 Å². The molecule has 0 spiro atoms. The molecule has 0 aromatic carbocycles. The Morgan fingerprint density at radius 2 is 2.00 bits per heavy atom. The van der Waals surface area contributed by atoms with Crippen LogP contribution in [0.2, 0.25) is 0 Å². The molecule has 0 bridgehead atoms. The quantitative estimate of drug-likeness (QED) is 0.855. The Balaban J connectivity index is 2.03. The smallest absolute Gasteiger partial charge is 0.335 e. The summed E-state index contributed by atoms with van der Waals surface area (Å²) in [4.78, 5) is 15.8. The fourth-order valence-electron chi connectivity index (χ4n) is 2.84. The largest absolute Gasteiger partial charge is 0.478 e. The van der Waals surface area contributed by atoms with Crippen molar-refractivity contribution in [2.45, 2.75) is 52.4 Å². The van der Waals surface area contributed by atoms with E-state index in [1.54, 1.807) is 12.1 Å². The minimum absolute atomic E-state index is 0.223. The monoisotopic (exact) mass is 290 g/mol. The van der Waals surface area contributed by atoms with Gasteiger partial charge in [-0.05, 0) is 42.7 Å². The average Bonchev–Trinajstić information content (AvgIpc) is 2.46. The van der Waals surface area contributed by atoms with Crippen molar-refractivity contribution in [3.8, 4) is 0 Å². The number of carboxylic acids is 1. The van der Waals surface area contributed by atoms with Crippen LogP contribution in [0.1, 0.15) is 68.4 Å². The van der Waals surface area contributed by atoms with Crippen LogP contribution >= 0.6 is 0 Å². The third-order valence-electron chi connectivity index (χ3n) is 4.39. The molecule has 1 aliphatic rings. The molecule has 0 aliphatic heterocycles. The fraction of sp³-hybridized carbons (Fsp3) is 0.647. The van der Waals surface area contributed by atoms with E-state index in [2.05, 4.69) is 17.2 Å². The number of nitrogens with zero attached hydrogens (tertiary/aromatic N) is 1. The summed E-state index contributed by atoms with van der Waals surface area (Å²) >= 11 is 0. The number of aromatic carboxylic acids is 1. The maximum Gasteiger partial charge on any atom is 0.335 e. The number of rotatable bonds is 5. The van der Waals surface area contributed by atoms with Gasteiger partial charge in [-0.15, -0.1) is 0 Å².